The maximum Gasteiger partial charge on any atom is 0.410 e. The smallest absolute Gasteiger partial charge is 0.410 e. The van der Waals surface area contributed by atoms with Crippen LogP contribution in [0, 0.1) is 0 Å². The summed E-state index contributed by atoms with van der Waals surface area (Å²) in [5, 5.41) is 3.01. The second kappa shape index (κ2) is 10.2. The third-order valence-electron chi connectivity index (χ3n) is 7.20. The first-order valence-electron chi connectivity index (χ1n) is 12.4. The Hall–Kier alpha value is -2.90. The van der Waals surface area contributed by atoms with Crippen molar-refractivity contribution in [3.05, 3.63) is 89.5 Å². The van der Waals surface area contributed by atoms with Crippen LogP contribution in [0.2, 0.25) is 0 Å². The molecule has 0 unspecified atom stereocenters. The van der Waals surface area contributed by atoms with Gasteiger partial charge in [-0.05, 0) is 52.8 Å². The van der Waals surface area contributed by atoms with E-state index in [4.69, 9.17) is 4.74 Å². The van der Waals surface area contributed by atoms with Crippen LogP contribution in [0.15, 0.2) is 72.8 Å². The molecule has 0 saturated carbocycles. The minimum Gasteiger partial charge on any atom is -0.448 e. The first-order valence-corrected chi connectivity index (χ1v) is 14.5. The summed E-state index contributed by atoms with van der Waals surface area (Å²) in [6.07, 6.45) is 1.01. The van der Waals surface area contributed by atoms with Crippen molar-refractivity contribution < 1.29 is 14.3 Å². The standard InChI is InChI=1S/C29H28N2O3S2/c32-27(30-20-13-11-19(12-14-20)28-35-16-17-36-28)26-10-5-15-31(26)29(33)34-18-25-23-8-3-1-6-21(23)22-7-2-4-9-24(22)25/h1-4,6-9,11-14,25-26,28H,5,10,15-18H2,(H,30,32)/t26-/m0/s1. The molecule has 1 atom stereocenters. The maximum absolute atomic E-state index is 13.1. The molecule has 184 valence electrons. The number of hydrogen-bond acceptors (Lipinski definition) is 5. The topological polar surface area (TPSA) is 58.6 Å². The second-order valence-electron chi connectivity index (χ2n) is 9.34. The number of rotatable bonds is 5. The number of amides is 2. The third-order valence-corrected chi connectivity index (χ3v) is 10.3. The fourth-order valence-corrected chi connectivity index (χ4v) is 8.29. The average molecular weight is 517 g/mol. The number of nitrogens with zero attached hydrogens (tertiary/aromatic N) is 1. The van der Waals surface area contributed by atoms with Gasteiger partial charge in [0.15, 0.2) is 0 Å². The van der Waals surface area contributed by atoms with E-state index in [0.29, 0.717) is 17.5 Å². The van der Waals surface area contributed by atoms with Crippen LogP contribution in [-0.4, -0.2) is 47.6 Å². The molecule has 3 aromatic carbocycles. The zero-order chi connectivity index (χ0) is 24.5. The van der Waals surface area contributed by atoms with Crippen LogP contribution in [0.3, 0.4) is 0 Å². The van der Waals surface area contributed by atoms with Crippen molar-refractivity contribution in [1.82, 2.24) is 4.90 Å². The predicted octanol–water partition coefficient (Wildman–Crippen LogP) is 6.52. The van der Waals surface area contributed by atoms with E-state index in [9.17, 15) is 9.59 Å². The van der Waals surface area contributed by atoms with Crippen LogP contribution in [0.25, 0.3) is 11.1 Å². The van der Waals surface area contributed by atoms with Crippen LogP contribution >= 0.6 is 23.5 Å². The number of fused-ring (bicyclic) bond motifs is 3. The lowest BCUT2D eigenvalue weighted by Gasteiger charge is -2.24. The van der Waals surface area contributed by atoms with Crippen molar-refractivity contribution in [1.29, 1.82) is 0 Å². The van der Waals surface area contributed by atoms with Gasteiger partial charge in [0, 0.05) is 29.7 Å². The minimum atomic E-state index is -0.513. The number of thioether (sulfide) groups is 2. The monoisotopic (exact) mass is 516 g/mol. The fraction of sp³-hybridized carbons (Fsp3) is 0.310. The maximum atomic E-state index is 13.1. The van der Waals surface area contributed by atoms with Gasteiger partial charge in [-0.3, -0.25) is 9.69 Å². The highest BCUT2D eigenvalue weighted by molar-refractivity contribution is 8.19. The van der Waals surface area contributed by atoms with Crippen LogP contribution in [0.5, 0.6) is 0 Å². The van der Waals surface area contributed by atoms with Crippen LogP contribution in [0.4, 0.5) is 10.5 Å². The molecule has 2 aliphatic heterocycles. The Labute approximate surface area is 220 Å². The summed E-state index contributed by atoms with van der Waals surface area (Å²) < 4.78 is 6.31. The minimum absolute atomic E-state index is 0.00550. The number of likely N-dealkylation sites (tertiary alicyclic amines) is 1. The zero-order valence-electron chi connectivity index (χ0n) is 19.9. The van der Waals surface area contributed by atoms with Gasteiger partial charge >= 0.3 is 6.09 Å². The lowest BCUT2D eigenvalue weighted by atomic mass is 9.98. The highest BCUT2D eigenvalue weighted by Gasteiger charge is 2.36. The number of ether oxygens (including phenoxy) is 1. The Morgan fingerprint density at radius 2 is 1.53 bits per heavy atom. The number of carbonyl (C=O) groups is 2. The van der Waals surface area contributed by atoms with E-state index in [-0.39, 0.29) is 18.4 Å². The van der Waals surface area contributed by atoms with Gasteiger partial charge in [-0.1, -0.05) is 60.7 Å². The Morgan fingerprint density at radius 1 is 0.889 bits per heavy atom. The lowest BCUT2D eigenvalue weighted by molar-refractivity contribution is -0.120. The van der Waals surface area contributed by atoms with E-state index in [1.54, 1.807) is 4.90 Å². The van der Waals surface area contributed by atoms with E-state index in [1.165, 1.54) is 39.3 Å². The van der Waals surface area contributed by atoms with Crippen molar-refractivity contribution >= 4 is 41.2 Å². The molecule has 3 aromatic rings. The Kier molecular flexibility index (Phi) is 6.67. The summed E-state index contributed by atoms with van der Waals surface area (Å²) in [7, 11) is 0. The van der Waals surface area contributed by atoms with Gasteiger partial charge in [0.1, 0.15) is 12.6 Å². The van der Waals surface area contributed by atoms with Gasteiger partial charge in [0.05, 0.1) is 4.58 Å². The lowest BCUT2D eigenvalue weighted by Crippen LogP contribution is -2.43. The van der Waals surface area contributed by atoms with E-state index in [2.05, 4.69) is 41.7 Å². The summed E-state index contributed by atoms with van der Waals surface area (Å²) >= 11 is 3.93. The largest absolute Gasteiger partial charge is 0.448 e. The van der Waals surface area contributed by atoms with Crippen molar-refractivity contribution in [3.63, 3.8) is 0 Å². The molecule has 2 amide bonds. The molecule has 0 spiro atoms. The molecule has 3 aliphatic rings. The number of hydrogen-bond donors (Lipinski definition) is 1. The molecular formula is C29H28N2O3S2. The molecule has 5 nitrogen and oxygen atoms in total. The molecule has 2 saturated heterocycles. The van der Waals surface area contributed by atoms with E-state index >= 15 is 0 Å². The SMILES string of the molecule is O=C(Nc1ccc(C2SCCS2)cc1)[C@@H]1CCCN1C(=O)OCC1c2ccccc2-c2ccccc21. The van der Waals surface area contributed by atoms with Crippen molar-refractivity contribution in [2.24, 2.45) is 0 Å². The molecule has 2 heterocycles. The molecule has 1 aliphatic carbocycles. The molecular weight excluding hydrogens is 488 g/mol. The fourth-order valence-electron chi connectivity index (χ4n) is 5.43. The average Bonchev–Trinajstić information content (AvgIpc) is 3.68. The highest BCUT2D eigenvalue weighted by Crippen LogP contribution is 2.46. The highest BCUT2D eigenvalue weighted by atomic mass is 32.2. The van der Waals surface area contributed by atoms with Gasteiger partial charge in [-0.15, -0.1) is 23.5 Å². The molecule has 1 N–H and O–H groups in total. The number of carbonyl (C=O) groups excluding carboxylic acids is 2. The van der Waals surface area contributed by atoms with Gasteiger partial charge in [0.2, 0.25) is 5.91 Å². The molecule has 7 heteroatoms. The molecule has 36 heavy (non-hydrogen) atoms. The molecule has 2 fully saturated rings. The third kappa shape index (κ3) is 4.50. The van der Waals surface area contributed by atoms with E-state index in [1.807, 2.05) is 59.9 Å². The van der Waals surface area contributed by atoms with Crippen LogP contribution in [0.1, 0.15) is 40.0 Å². The van der Waals surface area contributed by atoms with Crippen molar-refractivity contribution in [3.8, 4) is 11.1 Å². The quantitative estimate of drug-likeness (QED) is 0.419. The van der Waals surface area contributed by atoms with Crippen LogP contribution in [-0.2, 0) is 9.53 Å². The van der Waals surface area contributed by atoms with Crippen molar-refractivity contribution in [2.45, 2.75) is 29.4 Å². The zero-order valence-corrected chi connectivity index (χ0v) is 21.5. The van der Waals surface area contributed by atoms with Crippen molar-refractivity contribution in [2.75, 3.05) is 30.0 Å². The van der Waals surface area contributed by atoms with E-state index in [0.717, 1.165) is 12.1 Å². The van der Waals surface area contributed by atoms with Crippen LogP contribution < -0.4 is 5.32 Å². The summed E-state index contributed by atoms with van der Waals surface area (Å²) in [4.78, 5) is 27.8. The Morgan fingerprint density at radius 3 is 2.19 bits per heavy atom. The van der Waals surface area contributed by atoms with Gasteiger partial charge < -0.3 is 10.1 Å². The summed E-state index contributed by atoms with van der Waals surface area (Å²) in [5.41, 5.74) is 6.80. The first-order chi connectivity index (χ1) is 17.7. The normalized spacial score (nSPS) is 19.2. The number of benzene rings is 3. The second-order valence-corrected chi connectivity index (χ2v) is 12.1. The van der Waals surface area contributed by atoms with Gasteiger partial charge in [-0.2, -0.15) is 0 Å². The molecule has 0 bridgehead atoms. The summed E-state index contributed by atoms with van der Waals surface area (Å²) in [5.74, 6) is 2.21. The number of anilines is 1. The first kappa shape index (κ1) is 23.5. The van der Waals surface area contributed by atoms with Gasteiger partial charge in [-0.25, -0.2) is 4.79 Å². The summed E-state index contributed by atoms with van der Waals surface area (Å²) in [6.45, 7) is 0.792. The Balaban J connectivity index is 1.10. The summed E-state index contributed by atoms with van der Waals surface area (Å²) in [6, 6.07) is 24.2. The predicted molar refractivity (Wildman–Crippen MR) is 148 cm³/mol. The molecule has 0 radical (unpaired) electrons. The number of nitrogens with one attached hydrogen (secondary N) is 1. The van der Waals surface area contributed by atoms with Gasteiger partial charge in [0.25, 0.3) is 0 Å². The molecule has 0 aromatic heterocycles. The Bertz CT molecular complexity index is 1230. The molecule has 6 rings (SSSR count). The van der Waals surface area contributed by atoms with E-state index < -0.39 is 12.1 Å².